The number of hydrogen-bond donors (Lipinski definition) is 1. The Labute approximate surface area is 120 Å². The molecule has 3 heteroatoms. The van der Waals surface area contributed by atoms with Crippen LogP contribution >= 0.6 is 11.6 Å². The standard InChI is InChI=1S/C16H19ClN2/c1-19(13-14-6-5-7-15(17)12-14)11-10-18-16-8-3-2-4-9-16/h2-9,12,18H,10-11,13H2,1H3. The molecule has 0 unspecified atom stereocenters. The van der Waals surface area contributed by atoms with Crippen LogP contribution in [0.5, 0.6) is 0 Å². The molecule has 0 spiro atoms. The number of rotatable bonds is 6. The summed E-state index contributed by atoms with van der Waals surface area (Å²) < 4.78 is 0. The first kappa shape index (κ1) is 13.9. The summed E-state index contributed by atoms with van der Waals surface area (Å²) in [5.41, 5.74) is 2.41. The van der Waals surface area contributed by atoms with Gasteiger partial charge in [0.05, 0.1) is 0 Å². The average Bonchev–Trinajstić information content (AvgIpc) is 2.40. The van der Waals surface area contributed by atoms with E-state index < -0.39 is 0 Å². The first-order valence-corrected chi connectivity index (χ1v) is 6.84. The maximum Gasteiger partial charge on any atom is 0.0409 e. The molecular weight excluding hydrogens is 256 g/mol. The van der Waals surface area contributed by atoms with Crippen LogP contribution in [0.1, 0.15) is 5.56 Å². The van der Waals surface area contributed by atoms with Crippen LogP contribution in [0.2, 0.25) is 5.02 Å². The van der Waals surface area contributed by atoms with Crippen LogP contribution in [0.15, 0.2) is 54.6 Å². The zero-order valence-electron chi connectivity index (χ0n) is 11.1. The number of nitrogens with zero attached hydrogens (tertiary/aromatic N) is 1. The molecule has 0 heterocycles. The Hall–Kier alpha value is -1.51. The predicted molar refractivity (Wildman–Crippen MR) is 82.7 cm³/mol. The topological polar surface area (TPSA) is 15.3 Å². The first-order valence-electron chi connectivity index (χ1n) is 6.46. The molecule has 2 nitrogen and oxygen atoms in total. The monoisotopic (exact) mass is 274 g/mol. The number of anilines is 1. The van der Waals surface area contributed by atoms with Crippen molar-refractivity contribution in [3.05, 3.63) is 65.2 Å². The third-order valence-corrected chi connectivity index (χ3v) is 3.17. The van der Waals surface area contributed by atoms with Gasteiger partial charge in [0.1, 0.15) is 0 Å². The Balaban J connectivity index is 1.74. The molecule has 0 aromatic heterocycles. The van der Waals surface area contributed by atoms with E-state index in [0.29, 0.717) is 0 Å². The van der Waals surface area contributed by atoms with Crippen molar-refractivity contribution < 1.29 is 0 Å². The van der Waals surface area contributed by atoms with Crippen molar-refractivity contribution in [1.82, 2.24) is 4.90 Å². The van der Waals surface area contributed by atoms with Gasteiger partial charge < -0.3 is 10.2 Å². The van der Waals surface area contributed by atoms with E-state index in [1.54, 1.807) is 0 Å². The first-order chi connectivity index (χ1) is 9.24. The number of hydrogen-bond acceptors (Lipinski definition) is 2. The SMILES string of the molecule is CN(CCNc1ccccc1)Cc1cccc(Cl)c1. The van der Waals surface area contributed by atoms with Gasteiger partial charge in [0.15, 0.2) is 0 Å². The van der Waals surface area contributed by atoms with Crippen molar-refractivity contribution in [1.29, 1.82) is 0 Å². The normalized spacial score (nSPS) is 10.7. The van der Waals surface area contributed by atoms with Crippen LogP contribution in [-0.4, -0.2) is 25.0 Å². The second-order valence-corrected chi connectivity index (χ2v) is 5.10. The minimum atomic E-state index is 0.799. The molecule has 19 heavy (non-hydrogen) atoms. The van der Waals surface area contributed by atoms with Crippen LogP contribution < -0.4 is 5.32 Å². The maximum absolute atomic E-state index is 5.98. The average molecular weight is 275 g/mol. The van der Waals surface area contributed by atoms with Gasteiger partial charge in [-0.25, -0.2) is 0 Å². The molecule has 2 rings (SSSR count). The lowest BCUT2D eigenvalue weighted by atomic mass is 10.2. The molecule has 0 fully saturated rings. The fourth-order valence-electron chi connectivity index (χ4n) is 1.97. The van der Waals surface area contributed by atoms with Crippen LogP contribution in [0.3, 0.4) is 0 Å². The van der Waals surface area contributed by atoms with Gasteiger partial charge in [-0.15, -0.1) is 0 Å². The Bertz CT molecular complexity index is 499. The Morgan fingerprint density at radius 3 is 2.58 bits per heavy atom. The second kappa shape index (κ2) is 7.17. The molecule has 100 valence electrons. The Morgan fingerprint density at radius 1 is 1.05 bits per heavy atom. The van der Waals surface area contributed by atoms with Crippen molar-refractivity contribution >= 4 is 17.3 Å². The van der Waals surface area contributed by atoms with Crippen molar-refractivity contribution in [2.45, 2.75) is 6.54 Å². The smallest absolute Gasteiger partial charge is 0.0409 e. The van der Waals surface area contributed by atoms with Gasteiger partial charge in [0.25, 0.3) is 0 Å². The summed E-state index contributed by atoms with van der Waals surface area (Å²) in [6.07, 6.45) is 0. The second-order valence-electron chi connectivity index (χ2n) is 4.66. The highest BCUT2D eigenvalue weighted by molar-refractivity contribution is 6.30. The molecule has 0 atom stereocenters. The number of likely N-dealkylation sites (N-methyl/N-ethyl adjacent to an activating group) is 1. The zero-order chi connectivity index (χ0) is 13.5. The van der Waals surface area contributed by atoms with Gasteiger partial charge in [-0.3, -0.25) is 0 Å². The Morgan fingerprint density at radius 2 is 1.84 bits per heavy atom. The van der Waals surface area contributed by atoms with Crippen molar-refractivity contribution in [3.63, 3.8) is 0 Å². The lowest BCUT2D eigenvalue weighted by Crippen LogP contribution is -2.24. The third kappa shape index (κ3) is 4.93. The van der Waals surface area contributed by atoms with Crippen molar-refractivity contribution in [3.8, 4) is 0 Å². The van der Waals surface area contributed by atoms with Gasteiger partial charge in [-0.2, -0.15) is 0 Å². The minimum Gasteiger partial charge on any atom is -0.384 e. The highest BCUT2D eigenvalue weighted by Crippen LogP contribution is 2.12. The molecule has 0 radical (unpaired) electrons. The lowest BCUT2D eigenvalue weighted by molar-refractivity contribution is 0.340. The van der Waals surface area contributed by atoms with Crippen molar-refractivity contribution in [2.75, 3.05) is 25.5 Å². The summed E-state index contributed by atoms with van der Waals surface area (Å²) >= 11 is 5.98. The molecule has 0 saturated heterocycles. The quantitative estimate of drug-likeness (QED) is 0.860. The maximum atomic E-state index is 5.98. The molecule has 1 N–H and O–H groups in total. The fraction of sp³-hybridized carbons (Fsp3) is 0.250. The number of para-hydroxylation sites is 1. The van der Waals surface area contributed by atoms with E-state index in [2.05, 4.69) is 35.5 Å². The van der Waals surface area contributed by atoms with Crippen LogP contribution in [-0.2, 0) is 6.54 Å². The molecule has 2 aromatic carbocycles. The highest BCUT2D eigenvalue weighted by Gasteiger charge is 2.00. The lowest BCUT2D eigenvalue weighted by Gasteiger charge is -2.17. The largest absolute Gasteiger partial charge is 0.384 e. The van der Waals surface area contributed by atoms with Crippen molar-refractivity contribution in [2.24, 2.45) is 0 Å². The zero-order valence-corrected chi connectivity index (χ0v) is 11.9. The van der Waals surface area contributed by atoms with E-state index in [9.17, 15) is 0 Å². The van der Waals surface area contributed by atoms with E-state index >= 15 is 0 Å². The minimum absolute atomic E-state index is 0.799. The molecule has 0 amide bonds. The van der Waals surface area contributed by atoms with E-state index in [1.807, 2.05) is 36.4 Å². The van der Waals surface area contributed by atoms with Gasteiger partial charge in [0.2, 0.25) is 0 Å². The summed E-state index contributed by atoms with van der Waals surface area (Å²) in [5.74, 6) is 0. The van der Waals surface area contributed by atoms with E-state index in [1.165, 1.54) is 11.3 Å². The van der Waals surface area contributed by atoms with Crippen LogP contribution in [0.4, 0.5) is 5.69 Å². The fourth-order valence-corrected chi connectivity index (χ4v) is 2.19. The molecule has 2 aromatic rings. The number of nitrogens with one attached hydrogen (secondary N) is 1. The molecule has 0 aliphatic heterocycles. The number of benzene rings is 2. The van der Waals surface area contributed by atoms with Gasteiger partial charge in [-0.1, -0.05) is 41.9 Å². The van der Waals surface area contributed by atoms with Crippen LogP contribution in [0, 0.1) is 0 Å². The number of halogens is 1. The molecule has 0 bridgehead atoms. The molecule has 0 aliphatic carbocycles. The van der Waals surface area contributed by atoms with Crippen LogP contribution in [0.25, 0.3) is 0 Å². The van der Waals surface area contributed by atoms with Gasteiger partial charge in [0, 0.05) is 30.3 Å². The summed E-state index contributed by atoms with van der Waals surface area (Å²) in [6, 6.07) is 18.3. The highest BCUT2D eigenvalue weighted by atomic mass is 35.5. The summed E-state index contributed by atoms with van der Waals surface area (Å²) in [5, 5.41) is 4.20. The molecule has 0 aliphatic rings. The van der Waals surface area contributed by atoms with E-state index in [0.717, 1.165) is 24.7 Å². The predicted octanol–water partition coefficient (Wildman–Crippen LogP) is 3.88. The summed E-state index contributed by atoms with van der Waals surface area (Å²) in [7, 11) is 2.12. The third-order valence-electron chi connectivity index (χ3n) is 2.94. The Kier molecular flexibility index (Phi) is 5.25. The summed E-state index contributed by atoms with van der Waals surface area (Å²) in [6.45, 7) is 2.83. The molecule has 0 saturated carbocycles. The van der Waals surface area contributed by atoms with Gasteiger partial charge >= 0.3 is 0 Å². The van der Waals surface area contributed by atoms with E-state index in [4.69, 9.17) is 11.6 Å². The molecular formula is C16H19ClN2. The van der Waals surface area contributed by atoms with Gasteiger partial charge in [-0.05, 0) is 36.9 Å². The van der Waals surface area contributed by atoms with E-state index in [-0.39, 0.29) is 0 Å². The summed E-state index contributed by atoms with van der Waals surface area (Å²) in [4.78, 5) is 2.28.